The average Bonchev–Trinajstić information content (AvgIpc) is 3.22. The Labute approximate surface area is 161 Å². The van der Waals surface area contributed by atoms with Gasteiger partial charge in [0, 0.05) is 6.54 Å². The van der Waals surface area contributed by atoms with Crippen molar-refractivity contribution in [3.8, 4) is 5.75 Å². The van der Waals surface area contributed by atoms with Gasteiger partial charge in [-0.3, -0.25) is 4.40 Å². The Morgan fingerprint density at radius 2 is 1.93 bits per heavy atom. The number of methoxy groups -OCH3 is 2. The van der Waals surface area contributed by atoms with Crippen LogP contribution < -0.4 is 10.1 Å². The largest absolute Gasteiger partial charge is 0.497 e. The summed E-state index contributed by atoms with van der Waals surface area (Å²) >= 11 is 0. The number of benzene rings is 2. The van der Waals surface area contributed by atoms with E-state index in [2.05, 4.69) is 10.3 Å². The molecule has 0 aliphatic heterocycles. The van der Waals surface area contributed by atoms with Crippen LogP contribution in [0.4, 0.5) is 5.82 Å². The molecule has 4 rings (SSSR count). The molecule has 0 bridgehead atoms. The Bertz CT molecular complexity index is 1170. The van der Waals surface area contributed by atoms with E-state index in [-0.39, 0.29) is 5.97 Å². The van der Waals surface area contributed by atoms with E-state index in [1.165, 1.54) is 7.11 Å². The molecule has 28 heavy (non-hydrogen) atoms. The monoisotopic (exact) mass is 376 g/mol. The highest BCUT2D eigenvalue weighted by atomic mass is 16.5. The molecule has 0 atom stereocenters. The molecule has 0 amide bonds. The summed E-state index contributed by atoms with van der Waals surface area (Å²) in [4.78, 5) is 21.0. The molecule has 4 aromatic rings. The van der Waals surface area contributed by atoms with Crippen molar-refractivity contribution in [1.82, 2.24) is 14.4 Å². The number of imidazole rings is 1. The maximum atomic E-state index is 12.0. The predicted octanol–water partition coefficient (Wildman–Crippen LogP) is 3.60. The molecule has 2 aromatic carbocycles. The number of carbonyl (C=O) groups is 1. The second-order valence-corrected chi connectivity index (χ2v) is 6.46. The van der Waals surface area contributed by atoms with Gasteiger partial charge in [0.1, 0.15) is 11.3 Å². The van der Waals surface area contributed by atoms with Crippen LogP contribution in [0.3, 0.4) is 0 Å². The number of esters is 1. The first-order valence-electron chi connectivity index (χ1n) is 8.82. The third-order valence-corrected chi connectivity index (χ3v) is 4.68. The molecular weight excluding hydrogens is 356 g/mol. The predicted molar refractivity (Wildman–Crippen MR) is 107 cm³/mol. The third kappa shape index (κ3) is 3.11. The Balaban J connectivity index is 1.75. The van der Waals surface area contributed by atoms with Crippen molar-refractivity contribution in [2.45, 2.75) is 13.5 Å². The van der Waals surface area contributed by atoms with Crippen LogP contribution in [0.25, 0.3) is 16.6 Å². The van der Waals surface area contributed by atoms with E-state index in [0.717, 1.165) is 39.2 Å². The fraction of sp³-hybridized carbons (Fsp3) is 0.190. The van der Waals surface area contributed by atoms with Gasteiger partial charge in [-0.1, -0.05) is 12.1 Å². The van der Waals surface area contributed by atoms with E-state index >= 15 is 0 Å². The molecule has 0 aliphatic carbocycles. The second kappa shape index (κ2) is 7.19. The first-order chi connectivity index (χ1) is 13.6. The van der Waals surface area contributed by atoms with E-state index in [4.69, 9.17) is 14.5 Å². The van der Waals surface area contributed by atoms with E-state index in [0.29, 0.717) is 12.1 Å². The van der Waals surface area contributed by atoms with Gasteiger partial charge in [-0.2, -0.15) is 0 Å². The summed E-state index contributed by atoms with van der Waals surface area (Å²) in [7, 11) is 3.02. The number of carbonyl (C=O) groups excluding carboxylic acids is 1. The average molecular weight is 376 g/mol. The molecule has 142 valence electrons. The minimum Gasteiger partial charge on any atom is -0.497 e. The molecule has 0 unspecified atom stereocenters. The van der Waals surface area contributed by atoms with Gasteiger partial charge >= 0.3 is 5.97 Å². The quantitative estimate of drug-likeness (QED) is 0.536. The molecule has 0 spiro atoms. The van der Waals surface area contributed by atoms with Gasteiger partial charge in [-0.25, -0.2) is 14.8 Å². The number of aryl methyl sites for hydroxylation is 1. The fourth-order valence-corrected chi connectivity index (χ4v) is 3.22. The molecule has 0 saturated carbocycles. The molecule has 7 heteroatoms. The van der Waals surface area contributed by atoms with Gasteiger partial charge in [-0.05, 0) is 42.3 Å². The molecule has 7 nitrogen and oxygen atoms in total. The maximum Gasteiger partial charge on any atom is 0.337 e. The van der Waals surface area contributed by atoms with Crippen molar-refractivity contribution in [1.29, 1.82) is 0 Å². The summed E-state index contributed by atoms with van der Waals surface area (Å²) < 4.78 is 12.0. The van der Waals surface area contributed by atoms with Crippen LogP contribution in [0.1, 0.15) is 21.5 Å². The Hall–Kier alpha value is -3.61. The molecular formula is C21H20N4O3. The standard InChI is InChI=1S/C21H20N4O3/c1-13-8-15(21(26)28-3)9-17-19(13)24-20(18-11-22-12-25(17)18)23-10-14-4-6-16(27-2)7-5-14/h4-9,11-12H,10H2,1-3H3,(H,23,24). The summed E-state index contributed by atoms with van der Waals surface area (Å²) in [5.74, 6) is 1.18. The Morgan fingerprint density at radius 3 is 2.64 bits per heavy atom. The zero-order valence-electron chi connectivity index (χ0n) is 15.9. The first-order valence-corrected chi connectivity index (χ1v) is 8.82. The third-order valence-electron chi connectivity index (χ3n) is 4.68. The first kappa shape index (κ1) is 17.8. The van der Waals surface area contributed by atoms with Crippen molar-refractivity contribution in [3.63, 3.8) is 0 Å². The van der Waals surface area contributed by atoms with Crippen LogP contribution in [0.5, 0.6) is 5.75 Å². The summed E-state index contributed by atoms with van der Waals surface area (Å²) in [6, 6.07) is 11.4. The van der Waals surface area contributed by atoms with Gasteiger partial charge in [0.05, 0.1) is 43.3 Å². The molecule has 0 aliphatic rings. The van der Waals surface area contributed by atoms with E-state index in [9.17, 15) is 4.79 Å². The molecule has 0 radical (unpaired) electrons. The lowest BCUT2D eigenvalue weighted by molar-refractivity contribution is 0.0601. The number of ether oxygens (including phenoxy) is 2. The molecule has 1 N–H and O–H groups in total. The molecule has 2 heterocycles. The smallest absolute Gasteiger partial charge is 0.337 e. The van der Waals surface area contributed by atoms with Crippen molar-refractivity contribution >= 4 is 28.3 Å². The molecule has 0 saturated heterocycles. The number of aromatic nitrogens is 3. The van der Waals surface area contributed by atoms with Crippen molar-refractivity contribution in [2.75, 3.05) is 19.5 Å². The Morgan fingerprint density at radius 1 is 1.14 bits per heavy atom. The van der Waals surface area contributed by atoms with Crippen molar-refractivity contribution < 1.29 is 14.3 Å². The summed E-state index contributed by atoms with van der Waals surface area (Å²) in [6.45, 7) is 2.54. The second-order valence-electron chi connectivity index (χ2n) is 6.46. The van der Waals surface area contributed by atoms with Gasteiger partial charge < -0.3 is 14.8 Å². The van der Waals surface area contributed by atoms with Gasteiger partial charge in [0.2, 0.25) is 0 Å². The number of rotatable bonds is 5. The van der Waals surface area contributed by atoms with Crippen LogP contribution >= 0.6 is 0 Å². The highest BCUT2D eigenvalue weighted by molar-refractivity contribution is 5.96. The molecule has 0 fully saturated rings. The maximum absolute atomic E-state index is 12.0. The van der Waals surface area contributed by atoms with Gasteiger partial charge in [0.15, 0.2) is 5.82 Å². The number of nitrogens with one attached hydrogen (secondary N) is 1. The highest BCUT2D eigenvalue weighted by Gasteiger charge is 2.14. The SMILES string of the molecule is COC(=O)c1cc(C)c2nc(NCc3ccc(OC)cc3)c3cncn3c2c1. The minimum absolute atomic E-state index is 0.375. The highest BCUT2D eigenvalue weighted by Crippen LogP contribution is 2.26. The van der Waals surface area contributed by atoms with Crippen LogP contribution in [-0.2, 0) is 11.3 Å². The fourth-order valence-electron chi connectivity index (χ4n) is 3.22. The van der Waals surface area contributed by atoms with E-state index in [1.54, 1.807) is 31.8 Å². The van der Waals surface area contributed by atoms with E-state index < -0.39 is 0 Å². The zero-order chi connectivity index (χ0) is 19.7. The van der Waals surface area contributed by atoms with Gasteiger partial charge in [-0.15, -0.1) is 0 Å². The van der Waals surface area contributed by atoms with Crippen LogP contribution in [0.2, 0.25) is 0 Å². The molecule has 2 aromatic heterocycles. The summed E-state index contributed by atoms with van der Waals surface area (Å²) in [6.07, 6.45) is 3.47. The van der Waals surface area contributed by atoms with Crippen molar-refractivity contribution in [2.24, 2.45) is 0 Å². The summed E-state index contributed by atoms with van der Waals surface area (Å²) in [5, 5.41) is 3.39. The number of hydrogen-bond acceptors (Lipinski definition) is 6. The lowest BCUT2D eigenvalue weighted by atomic mass is 10.1. The number of anilines is 1. The number of nitrogens with zero attached hydrogens (tertiary/aromatic N) is 3. The lowest BCUT2D eigenvalue weighted by Gasteiger charge is -2.13. The van der Waals surface area contributed by atoms with E-state index in [1.807, 2.05) is 35.6 Å². The number of fused-ring (bicyclic) bond motifs is 3. The zero-order valence-corrected chi connectivity index (χ0v) is 15.9. The lowest BCUT2D eigenvalue weighted by Crippen LogP contribution is -2.07. The van der Waals surface area contributed by atoms with Crippen LogP contribution in [0, 0.1) is 6.92 Å². The van der Waals surface area contributed by atoms with Crippen LogP contribution in [0.15, 0.2) is 48.9 Å². The van der Waals surface area contributed by atoms with Crippen molar-refractivity contribution in [3.05, 3.63) is 65.6 Å². The van der Waals surface area contributed by atoms with Gasteiger partial charge in [0.25, 0.3) is 0 Å². The minimum atomic E-state index is -0.375. The topological polar surface area (TPSA) is 77.8 Å². The number of hydrogen-bond donors (Lipinski definition) is 1. The summed E-state index contributed by atoms with van der Waals surface area (Å²) in [5.41, 5.74) is 4.93. The normalized spacial score (nSPS) is 11.0. The Kier molecular flexibility index (Phi) is 4.57. The van der Waals surface area contributed by atoms with Crippen LogP contribution in [-0.4, -0.2) is 34.6 Å².